The van der Waals surface area contributed by atoms with Gasteiger partial charge in [0, 0.05) is 17.0 Å². The Balaban J connectivity index is 1.45. The van der Waals surface area contributed by atoms with E-state index in [9.17, 15) is 0 Å². The molecular formula is C40H39N3O. The van der Waals surface area contributed by atoms with Crippen LogP contribution in [0.25, 0.3) is 55.5 Å². The van der Waals surface area contributed by atoms with Gasteiger partial charge in [-0.1, -0.05) is 104 Å². The van der Waals surface area contributed by atoms with E-state index in [2.05, 4.69) is 122 Å². The summed E-state index contributed by atoms with van der Waals surface area (Å²) in [5.41, 5.74) is 10.7. The first-order chi connectivity index (χ1) is 20.8. The van der Waals surface area contributed by atoms with Crippen LogP contribution in [0.4, 0.5) is 0 Å². The van der Waals surface area contributed by atoms with Gasteiger partial charge in [0.1, 0.15) is 5.58 Å². The fraction of sp³-hybridized carbons (Fsp3) is 0.275. The van der Waals surface area contributed by atoms with Gasteiger partial charge >= 0.3 is 0 Å². The Labute approximate surface area is 259 Å². The maximum atomic E-state index is 6.27. The monoisotopic (exact) mass is 577 g/mol. The van der Waals surface area contributed by atoms with Crippen LogP contribution >= 0.6 is 0 Å². The zero-order chi connectivity index (χ0) is 31.0. The van der Waals surface area contributed by atoms with Crippen LogP contribution in [0, 0.1) is 0 Å². The lowest BCUT2D eigenvalue weighted by Gasteiger charge is -2.34. The van der Waals surface area contributed by atoms with Crippen molar-refractivity contribution in [2.45, 2.75) is 71.6 Å². The molecular weight excluding hydrogens is 538 g/mol. The van der Waals surface area contributed by atoms with Crippen molar-refractivity contribution >= 4 is 33.0 Å². The smallest absolute Gasteiger partial charge is 0.228 e. The molecule has 0 amide bonds. The maximum absolute atomic E-state index is 6.27. The van der Waals surface area contributed by atoms with E-state index in [1.165, 1.54) is 27.8 Å². The van der Waals surface area contributed by atoms with E-state index in [1.807, 2.05) is 24.4 Å². The fourth-order valence-electron chi connectivity index (χ4n) is 6.38. The molecule has 4 aromatic heterocycles. The number of aromatic nitrogens is 3. The topological polar surface area (TPSA) is 51.8 Å². The second-order valence-corrected chi connectivity index (χ2v) is 14.7. The van der Waals surface area contributed by atoms with Gasteiger partial charge < -0.3 is 4.42 Å². The average molecular weight is 578 g/mol. The summed E-state index contributed by atoms with van der Waals surface area (Å²) < 4.78 is 6.27. The van der Waals surface area contributed by atoms with Crippen molar-refractivity contribution in [3.05, 3.63) is 114 Å². The van der Waals surface area contributed by atoms with Crippen molar-refractivity contribution in [3.63, 3.8) is 0 Å². The van der Waals surface area contributed by atoms with Crippen LogP contribution in [0.5, 0.6) is 0 Å². The Morgan fingerprint density at radius 3 is 2.07 bits per heavy atom. The molecule has 220 valence electrons. The lowest BCUT2D eigenvalue weighted by molar-refractivity contribution is 0.538. The molecule has 0 aliphatic rings. The second-order valence-electron chi connectivity index (χ2n) is 14.7. The van der Waals surface area contributed by atoms with Gasteiger partial charge in [0.15, 0.2) is 0 Å². The summed E-state index contributed by atoms with van der Waals surface area (Å²) in [7, 11) is 0. The molecule has 4 heterocycles. The van der Waals surface area contributed by atoms with E-state index in [4.69, 9.17) is 19.4 Å². The van der Waals surface area contributed by atoms with E-state index in [1.54, 1.807) is 0 Å². The van der Waals surface area contributed by atoms with Crippen molar-refractivity contribution < 1.29 is 4.42 Å². The minimum Gasteiger partial charge on any atom is -0.438 e. The minimum atomic E-state index is -0.391. The highest BCUT2D eigenvalue weighted by Gasteiger charge is 2.33. The third-order valence-electron chi connectivity index (χ3n) is 9.02. The lowest BCUT2D eigenvalue weighted by atomic mass is 9.71. The average Bonchev–Trinajstić information content (AvgIpc) is 3.38. The second kappa shape index (κ2) is 9.72. The third kappa shape index (κ3) is 4.64. The van der Waals surface area contributed by atoms with Gasteiger partial charge in [-0.05, 0) is 75.0 Å². The van der Waals surface area contributed by atoms with Gasteiger partial charge in [-0.2, -0.15) is 0 Å². The maximum Gasteiger partial charge on any atom is 0.228 e. The molecule has 0 saturated carbocycles. The van der Waals surface area contributed by atoms with Crippen LogP contribution in [0.1, 0.15) is 77.8 Å². The van der Waals surface area contributed by atoms with Gasteiger partial charge in [0.2, 0.25) is 5.71 Å². The van der Waals surface area contributed by atoms with Crippen molar-refractivity contribution in [1.29, 1.82) is 0 Å². The van der Waals surface area contributed by atoms with E-state index >= 15 is 0 Å². The Hall–Kier alpha value is -4.57. The number of nitrogens with zero attached hydrogens (tertiary/aromatic N) is 3. The molecule has 0 bridgehead atoms. The molecule has 0 spiro atoms. The summed E-state index contributed by atoms with van der Waals surface area (Å²) in [5.74, 6) is 0. The van der Waals surface area contributed by atoms with Crippen LogP contribution in [0.3, 0.4) is 0 Å². The zero-order valence-corrected chi connectivity index (χ0v) is 26.9. The summed E-state index contributed by atoms with van der Waals surface area (Å²) in [4.78, 5) is 15.2. The SMILES string of the molecule is CC(C)(C)c1cc(-c2cc3cnc4cccc5oc(n2)c3c45)nc(C(C)(C)c2cc(-c3ccccc3)ccc2C(C)(C)C)c1. The van der Waals surface area contributed by atoms with Gasteiger partial charge in [-0.25, -0.2) is 4.98 Å². The number of hydrogen-bond donors (Lipinski definition) is 0. The highest BCUT2D eigenvalue weighted by atomic mass is 16.3. The molecule has 0 unspecified atom stereocenters. The fourth-order valence-corrected chi connectivity index (χ4v) is 6.38. The summed E-state index contributed by atoms with van der Waals surface area (Å²) in [6.07, 6.45) is 1.92. The van der Waals surface area contributed by atoms with Crippen LogP contribution in [0.15, 0.2) is 95.5 Å². The summed E-state index contributed by atoms with van der Waals surface area (Å²) in [6.45, 7) is 18.3. The number of hydrogen-bond acceptors (Lipinski definition) is 4. The Morgan fingerprint density at radius 1 is 0.591 bits per heavy atom. The van der Waals surface area contributed by atoms with Gasteiger partial charge in [-0.15, -0.1) is 0 Å². The molecule has 0 saturated heterocycles. The summed E-state index contributed by atoms with van der Waals surface area (Å²) in [6, 6.07) is 30.1. The highest BCUT2D eigenvalue weighted by Crippen LogP contribution is 2.42. The lowest BCUT2D eigenvalue weighted by Crippen LogP contribution is -2.27. The van der Waals surface area contributed by atoms with Crippen molar-refractivity contribution in [3.8, 4) is 22.5 Å². The van der Waals surface area contributed by atoms with Gasteiger partial charge in [0.25, 0.3) is 0 Å². The predicted octanol–water partition coefficient (Wildman–Crippen LogP) is 10.6. The first-order valence-corrected chi connectivity index (χ1v) is 15.4. The molecule has 3 aromatic carbocycles. The molecule has 0 atom stereocenters. The van der Waals surface area contributed by atoms with Crippen LogP contribution in [0.2, 0.25) is 0 Å². The first-order valence-electron chi connectivity index (χ1n) is 15.4. The van der Waals surface area contributed by atoms with Crippen LogP contribution < -0.4 is 0 Å². The van der Waals surface area contributed by atoms with Crippen molar-refractivity contribution in [2.75, 3.05) is 0 Å². The largest absolute Gasteiger partial charge is 0.438 e. The molecule has 7 aromatic rings. The third-order valence-corrected chi connectivity index (χ3v) is 9.02. The van der Waals surface area contributed by atoms with Crippen molar-refractivity contribution in [2.24, 2.45) is 0 Å². The Morgan fingerprint density at radius 2 is 1.34 bits per heavy atom. The van der Waals surface area contributed by atoms with Crippen LogP contribution in [-0.2, 0) is 16.2 Å². The van der Waals surface area contributed by atoms with E-state index in [-0.39, 0.29) is 10.8 Å². The summed E-state index contributed by atoms with van der Waals surface area (Å²) in [5, 5.41) is 3.07. The number of rotatable bonds is 4. The van der Waals surface area contributed by atoms with E-state index < -0.39 is 5.41 Å². The normalized spacial score (nSPS) is 13.0. The molecule has 7 rings (SSSR count). The molecule has 44 heavy (non-hydrogen) atoms. The Kier molecular flexibility index (Phi) is 6.23. The standard InChI is InChI=1S/C40H39N3O/c1-38(2,3)27-21-32(31-20-26-23-41-30-15-12-16-33-36(30)35(26)37(43-31)44-33)42-34(22-27)40(7,8)29-19-25(24-13-10-9-11-14-24)17-18-28(29)39(4,5)6/h9-23H,1-8H3. The van der Waals surface area contributed by atoms with Crippen molar-refractivity contribution in [1.82, 2.24) is 15.0 Å². The Bertz CT molecular complexity index is 2160. The first kappa shape index (κ1) is 28.2. The number of benzene rings is 3. The zero-order valence-electron chi connectivity index (χ0n) is 26.9. The highest BCUT2D eigenvalue weighted by molar-refractivity contribution is 6.19. The quantitative estimate of drug-likeness (QED) is 0.195. The minimum absolute atomic E-state index is 0.0407. The summed E-state index contributed by atoms with van der Waals surface area (Å²) >= 11 is 0. The van der Waals surface area contributed by atoms with Gasteiger partial charge in [-0.3, -0.25) is 9.97 Å². The predicted molar refractivity (Wildman–Crippen MR) is 183 cm³/mol. The van der Waals surface area contributed by atoms with E-state index in [0.29, 0.717) is 5.71 Å². The van der Waals surface area contributed by atoms with Gasteiger partial charge in [0.05, 0.1) is 33.4 Å². The van der Waals surface area contributed by atoms with E-state index in [0.717, 1.165) is 44.3 Å². The molecule has 0 radical (unpaired) electrons. The molecule has 4 nitrogen and oxygen atoms in total. The molecule has 0 aliphatic carbocycles. The number of furan rings is 1. The van der Waals surface area contributed by atoms with Crippen LogP contribution in [-0.4, -0.2) is 15.0 Å². The molecule has 0 fully saturated rings. The number of pyridine rings is 3. The molecule has 0 N–H and O–H groups in total. The molecule has 0 aliphatic heterocycles. The molecule has 4 heteroatoms.